The molecule has 2 heterocycles. The second kappa shape index (κ2) is 3.91. The molecule has 7 nitrogen and oxygen atoms in total. The Morgan fingerprint density at radius 2 is 2.11 bits per heavy atom. The average Bonchev–Trinajstić information content (AvgIpc) is 2.91. The fraction of sp³-hybridized carbons (Fsp3) is 0.167. The first-order chi connectivity index (χ1) is 9.08. The summed E-state index contributed by atoms with van der Waals surface area (Å²) < 4.78 is 1.49. The van der Waals surface area contributed by atoms with Gasteiger partial charge in [0.25, 0.3) is 0 Å². The summed E-state index contributed by atoms with van der Waals surface area (Å²) in [6.45, 7) is 1.66. The van der Waals surface area contributed by atoms with Gasteiger partial charge in [0.1, 0.15) is 5.69 Å². The van der Waals surface area contributed by atoms with Crippen LogP contribution in [0.2, 0.25) is 0 Å². The third-order valence-corrected chi connectivity index (χ3v) is 3.10. The quantitative estimate of drug-likeness (QED) is 0.562. The van der Waals surface area contributed by atoms with E-state index in [0.717, 1.165) is 11.0 Å². The lowest BCUT2D eigenvalue weighted by Crippen LogP contribution is -1.94. The van der Waals surface area contributed by atoms with E-state index in [1.165, 1.54) is 4.68 Å². The number of H-pyrrole nitrogens is 1. The number of hydrogen-bond donors (Lipinski definition) is 1. The van der Waals surface area contributed by atoms with Gasteiger partial charge in [-0.15, -0.1) is 0 Å². The molecule has 0 atom stereocenters. The van der Waals surface area contributed by atoms with E-state index in [0.29, 0.717) is 11.5 Å². The van der Waals surface area contributed by atoms with E-state index in [-0.39, 0.29) is 11.4 Å². The zero-order valence-electron chi connectivity index (χ0n) is 10.4. The lowest BCUT2D eigenvalue weighted by molar-refractivity contribution is -0.384. The van der Waals surface area contributed by atoms with Crippen LogP contribution in [0.1, 0.15) is 5.69 Å². The molecular weight excluding hydrogens is 246 g/mol. The fourth-order valence-corrected chi connectivity index (χ4v) is 2.04. The largest absolute Gasteiger partial charge is 0.336 e. The minimum absolute atomic E-state index is 0.0124. The summed E-state index contributed by atoms with van der Waals surface area (Å²) in [7, 11) is 1.68. The number of hydrogen-bond acceptors (Lipinski definition) is 4. The van der Waals surface area contributed by atoms with Gasteiger partial charge in [-0.05, 0) is 19.1 Å². The van der Waals surface area contributed by atoms with E-state index in [9.17, 15) is 10.1 Å². The van der Waals surface area contributed by atoms with E-state index in [2.05, 4.69) is 15.1 Å². The van der Waals surface area contributed by atoms with Crippen LogP contribution < -0.4 is 0 Å². The van der Waals surface area contributed by atoms with Crippen molar-refractivity contribution in [1.82, 2.24) is 19.7 Å². The highest BCUT2D eigenvalue weighted by atomic mass is 16.6. The maximum Gasteiger partial charge on any atom is 0.321 e. The molecule has 0 saturated heterocycles. The van der Waals surface area contributed by atoms with Gasteiger partial charge in [-0.2, -0.15) is 5.10 Å². The van der Waals surface area contributed by atoms with E-state index in [1.807, 2.05) is 24.3 Å². The van der Waals surface area contributed by atoms with Crippen molar-refractivity contribution in [2.75, 3.05) is 0 Å². The first-order valence-corrected chi connectivity index (χ1v) is 5.71. The maximum absolute atomic E-state index is 11.2. The molecule has 3 aromatic rings. The van der Waals surface area contributed by atoms with E-state index < -0.39 is 4.92 Å². The number of nitrogens with one attached hydrogen (secondary N) is 1. The monoisotopic (exact) mass is 257 g/mol. The van der Waals surface area contributed by atoms with Crippen molar-refractivity contribution in [3.8, 4) is 11.5 Å². The van der Waals surface area contributed by atoms with Crippen LogP contribution in [-0.4, -0.2) is 24.7 Å². The minimum Gasteiger partial charge on any atom is -0.336 e. The van der Waals surface area contributed by atoms with Gasteiger partial charge in [-0.3, -0.25) is 14.8 Å². The summed E-state index contributed by atoms with van der Waals surface area (Å²) >= 11 is 0. The smallest absolute Gasteiger partial charge is 0.321 e. The van der Waals surface area contributed by atoms with Crippen LogP contribution in [0.15, 0.2) is 24.3 Å². The van der Waals surface area contributed by atoms with Crippen molar-refractivity contribution in [2.24, 2.45) is 7.05 Å². The third-order valence-electron chi connectivity index (χ3n) is 3.10. The Morgan fingerprint density at radius 1 is 1.37 bits per heavy atom. The summed E-state index contributed by atoms with van der Waals surface area (Å²) in [5.41, 5.74) is 2.34. The molecule has 0 fully saturated rings. The highest BCUT2D eigenvalue weighted by molar-refractivity contribution is 5.80. The molecule has 1 N–H and O–H groups in total. The van der Waals surface area contributed by atoms with Crippen LogP contribution >= 0.6 is 0 Å². The summed E-state index contributed by atoms with van der Waals surface area (Å²) in [5, 5.41) is 15.3. The van der Waals surface area contributed by atoms with Crippen LogP contribution in [0.3, 0.4) is 0 Å². The van der Waals surface area contributed by atoms with Crippen LogP contribution in [0.5, 0.6) is 0 Å². The zero-order valence-corrected chi connectivity index (χ0v) is 10.4. The molecule has 0 aliphatic rings. The zero-order chi connectivity index (χ0) is 13.6. The Labute approximate surface area is 108 Å². The van der Waals surface area contributed by atoms with E-state index in [1.54, 1.807) is 14.0 Å². The molecule has 0 amide bonds. The second-order valence-corrected chi connectivity index (χ2v) is 4.27. The number of aryl methyl sites for hydroxylation is 1. The number of para-hydroxylation sites is 2. The number of imidazole rings is 1. The molecule has 0 spiro atoms. The minimum atomic E-state index is -0.426. The summed E-state index contributed by atoms with van der Waals surface area (Å²) in [4.78, 5) is 18.1. The second-order valence-electron chi connectivity index (χ2n) is 4.27. The molecule has 0 aliphatic heterocycles. The molecule has 3 rings (SSSR count). The third kappa shape index (κ3) is 1.67. The summed E-state index contributed by atoms with van der Waals surface area (Å²) in [6.07, 6.45) is 0. The first kappa shape index (κ1) is 11.4. The van der Waals surface area contributed by atoms with E-state index >= 15 is 0 Å². The topological polar surface area (TPSA) is 89.6 Å². The number of aromatic nitrogens is 4. The number of fused-ring (bicyclic) bond motifs is 1. The van der Waals surface area contributed by atoms with Crippen molar-refractivity contribution < 1.29 is 4.92 Å². The normalized spacial score (nSPS) is 11.1. The van der Waals surface area contributed by atoms with Crippen LogP contribution in [0.4, 0.5) is 5.69 Å². The number of nitrogens with zero attached hydrogens (tertiary/aromatic N) is 4. The Kier molecular flexibility index (Phi) is 2.34. The molecule has 0 bridgehead atoms. The van der Waals surface area contributed by atoms with Gasteiger partial charge >= 0.3 is 5.69 Å². The molecule has 1 aromatic carbocycles. The van der Waals surface area contributed by atoms with Crippen molar-refractivity contribution in [3.05, 3.63) is 40.1 Å². The van der Waals surface area contributed by atoms with Crippen molar-refractivity contribution in [3.63, 3.8) is 0 Å². The molecule has 0 unspecified atom stereocenters. The Bertz CT molecular complexity index is 754. The molecule has 19 heavy (non-hydrogen) atoms. The Hall–Kier alpha value is -2.70. The summed E-state index contributed by atoms with van der Waals surface area (Å²) in [6, 6.07) is 7.46. The fourth-order valence-electron chi connectivity index (χ4n) is 2.04. The van der Waals surface area contributed by atoms with Gasteiger partial charge < -0.3 is 4.98 Å². The molecule has 96 valence electrons. The van der Waals surface area contributed by atoms with E-state index in [4.69, 9.17) is 0 Å². The van der Waals surface area contributed by atoms with Gasteiger partial charge in [0.2, 0.25) is 5.69 Å². The van der Waals surface area contributed by atoms with Crippen LogP contribution in [0.25, 0.3) is 22.6 Å². The maximum atomic E-state index is 11.2. The highest BCUT2D eigenvalue weighted by Gasteiger charge is 2.26. The molecule has 2 aromatic heterocycles. The van der Waals surface area contributed by atoms with Crippen molar-refractivity contribution >= 4 is 16.7 Å². The highest BCUT2D eigenvalue weighted by Crippen LogP contribution is 2.30. The van der Waals surface area contributed by atoms with Gasteiger partial charge in [0.15, 0.2) is 5.82 Å². The van der Waals surface area contributed by atoms with Gasteiger partial charge in [-0.1, -0.05) is 12.1 Å². The van der Waals surface area contributed by atoms with Crippen molar-refractivity contribution in [2.45, 2.75) is 6.92 Å². The van der Waals surface area contributed by atoms with Crippen molar-refractivity contribution in [1.29, 1.82) is 0 Å². The number of nitro groups is 1. The molecule has 7 heteroatoms. The SMILES string of the molecule is Cc1c([N+](=O)[O-])c(-c2nc3ccccc3[nH]2)nn1C. The van der Waals surface area contributed by atoms with Crippen LogP contribution in [-0.2, 0) is 7.05 Å². The Balaban J connectivity index is 2.26. The average molecular weight is 257 g/mol. The van der Waals surface area contributed by atoms with Gasteiger partial charge in [-0.25, -0.2) is 4.98 Å². The standard InChI is InChI=1S/C12H11N5O2/c1-7-11(17(18)19)10(15-16(7)2)12-13-8-5-3-4-6-9(8)14-12/h3-6H,1-2H3,(H,13,14). The van der Waals surface area contributed by atoms with Gasteiger partial charge in [0, 0.05) is 7.05 Å². The molecule has 0 aliphatic carbocycles. The van der Waals surface area contributed by atoms with Gasteiger partial charge in [0.05, 0.1) is 16.0 Å². The number of benzene rings is 1. The predicted octanol–water partition coefficient (Wildman–Crippen LogP) is 2.18. The number of aromatic amines is 1. The molecular formula is C12H11N5O2. The van der Waals surface area contributed by atoms with Crippen LogP contribution in [0, 0.1) is 17.0 Å². The first-order valence-electron chi connectivity index (χ1n) is 5.71. The Morgan fingerprint density at radius 3 is 2.79 bits per heavy atom. The number of rotatable bonds is 2. The predicted molar refractivity (Wildman–Crippen MR) is 69.7 cm³/mol. The lowest BCUT2D eigenvalue weighted by atomic mass is 10.3. The molecule has 0 saturated carbocycles. The lowest BCUT2D eigenvalue weighted by Gasteiger charge is -1.91. The summed E-state index contributed by atoms with van der Waals surface area (Å²) in [5.74, 6) is 0.414. The molecule has 0 radical (unpaired) electrons.